The van der Waals surface area contributed by atoms with Crippen LogP contribution in [0, 0.1) is 13.8 Å². The molecule has 0 fully saturated rings. The number of hydrogen-bond donors (Lipinski definition) is 1. The Balaban J connectivity index is 1.68. The standard InChI is InChI=1S/C21H24N2O3/c1-14-7-4-9-17(13-14)26-12-6-11-23-20-15(2)8-5-10-18(20)19(21(23)25)22-16(3)24/h4-5,7-10,13,19H,6,11-12H2,1-3H3,(H,22,24)/t19-/m1/s1. The molecule has 1 atom stereocenters. The monoisotopic (exact) mass is 352 g/mol. The van der Waals surface area contributed by atoms with Crippen molar-refractivity contribution in [2.45, 2.75) is 33.2 Å². The zero-order valence-electron chi connectivity index (χ0n) is 15.4. The van der Waals surface area contributed by atoms with Crippen LogP contribution in [0.5, 0.6) is 5.75 Å². The van der Waals surface area contributed by atoms with Gasteiger partial charge in [-0.2, -0.15) is 0 Å². The Morgan fingerprint density at radius 3 is 2.69 bits per heavy atom. The molecule has 1 aliphatic heterocycles. The molecule has 2 amide bonds. The predicted octanol–water partition coefficient (Wildman–Crippen LogP) is 3.30. The molecule has 0 aliphatic carbocycles. The summed E-state index contributed by atoms with van der Waals surface area (Å²) < 4.78 is 5.78. The fourth-order valence-corrected chi connectivity index (χ4v) is 3.36. The van der Waals surface area contributed by atoms with Crippen LogP contribution in [-0.4, -0.2) is 25.0 Å². The predicted molar refractivity (Wildman–Crippen MR) is 101 cm³/mol. The molecule has 0 bridgehead atoms. The molecule has 26 heavy (non-hydrogen) atoms. The van der Waals surface area contributed by atoms with E-state index in [9.17, 15) is 9.59 Å². The maximum Gasteiger partial charge on any atom is 0.254 e. The van der Waals surface area contributed by atoms with Gasteiger partial charge in [-0.05, 0) is 43.5 Å². The Hall–Kier alpha value is -2.82. The second kappa shape index (κ2) is 7.60. The number of nitrogens with one attached hydrogen (secondary N) is 1. The summed E-state index contributed by atoms with van der Waals surface area (Å²) in [5.74, 6) is 0.547. The van der Waals surface area contributed by atoms with Gasteiger partial charge < -0.3 is 15.0 Å². The van der Waals surface area contributed by atoms with Gasteiger partial charge in [0.25, 0.3) is 5.91 Å². The van der Waals surface area contributed by atoms with Gasteiger partial charge in [0.05, 0.1) is 12.3 Å². The minimum atomic E-state index is -0.597. The lowest BCUT2D eigenvalue weighted by molar-refractivity contribution is -0.126. The third-order valence-corrected chi connectivity index (χ3v) is 4.49. The first-order chi connectivity index (χ1) is 12.5. The van der Waals surface area contributed by atoms with E-state index in [-0.39, 0.29) is 11.8 Å². The highest BCUT2D eigenvalue weighted by Gasteiger charge is 2.38. The number of anilines is 1. The number of fused-ring (bicyclic) bond motifs is 1. The molecule has 0 radical (unpaired) electrons. The fourth-order valence-electron chi connectivity index (χ4n) is 3.36. The van der Waals surface area contributed by atoms with Crippen LogP contribution >= 0.6 is 0 Å². The SMILES string of the molecule is CC(=O)N[C@H]1C(=O)N(CCCOc2cccc(C)c2)c2c(C)cccc21. The third kappa shape index (κ3) is 3.72. The van der Waals surface area contributed by atoms with Gasteiger partial charge >= 0.3 is 0 Å². The maximum absolute atomic E-state index is 12.8. The van der Waals surface area contributed by atoms with Crippen LogP contribution in [0.25, 0.3) is 0 Å². The second-order valence-electron chi connectivity index (χ2n) is 6.65. The molecule has 0 aromatic heterocycles. The number of carbonyl (C=O) groups is 2. The van der Waals surface area contributed by atoms with Crippen molar-refractivity contribution < 1.29 is 14.3 Å². The van der Waals surface area contributed by atoms with E-state index in [1.165, 1.54) is 6.92 Å². The average molecular weight is 352 g/mol. The zero-order valence-corrected chi connectivity index (χ0v) is 15.4. The fraction of sp³-hybridized carbons (Fsp3) is 0.333. The van der Waals surface area contributed by atoms with Crippen molar-refractivity contribution in [1.29, 1.82) is 0 Å². The maximum atomic E-state index is 12.8. The number of benzene rings is 2. The Labute approximate surface area is 154 Å². The summed E-state index contributed by atoms with van der Waals surface area (Å²) in [5, 5.41) is 2.77. The van der Waals surface area contributed by atoms with Crippen LogP contribution in [0.3, 0.4) is 0 Å². The second-order valence-corrected chi connectivity index (χ2v) is 6.65. The normalized spacial score (nSPS) is 15.7. The number of hydrogen-bond acceptors (Lipinski definition) is 3. The molecule has 3 rings (SSSR count). The number of amides is 2. The van der Waals surface area contributed by atoms with E-state index < -0.39 is 6.04 Å². The van der Waals surface area contributed by atoms with Crippen molar-refractivity contribution in [3.05, 3.63) is 59.2 Å². The molecule has 2 aromatic rings. The van der Waals surface area contributed by atoms with E-state index in [1.54, 1.807) is 4.90 Å². The Morgan fingerprint density at radius 2 is 1.96 bits per heavy atom. The Morgan fingerprint density at radius 1 is 1.19 bits per heavy atom. The molecular formula is C21H24N2O3. The van der Waals surface area contributed by atoms with Crippen molar-refractivity contribution in [1.82, 2.24) is 5.32 Å². The first-order valence-electron chi connectivity index (χ1n) is 8.85. The van der Waals surface area contributed by atoms with Crippen LogP contribution < -0.4 is 15.0 Å². The molecule has 0 saturated carbocycles. The van der Waals surface area contributed by atoms with Crippen molar-refractivity contribution in [2.24, 2.45) is 0 Å². The molecule has 1 N–H and O–H groups in total. The van der Waals surface area contributed by atoms with Crippen molar-refractivity contribution in [2.75, 3.05) is 18.1 Å². The molecule has 1 aliphatic rings. The molecule has 5 heteroatoms. The van der Waals surface area contributed by atoms with E-state index in [2.05, 4.69) is 5.32 Å². The molecule has 0 unspecified atom stereocenters. The summed E-state index contributed by atoms with van der Waals surface area (Å²) in [6, 6.07) is 13.1. The minimum absolute atomic E-state index is 0.0833. The average Bonchev–Trinajstić information content (AvgIpc) is 2.85. The van der Waals surface area contributed by atoms with E-state index >= 15 is 0 Å². The van der Waals surface area contributed by atoms with Crippen molar-refractivity contribution >= 4 is 17.5 Å². The third-order valence-electron chi connectivity index (χ3n) is 4.49. The molecule has 0 spiro atoms. The van der Waals surface area contributed by atoms with Crippen LogP contribution in [0.15, 0.2) is 42.5 Å². The summed E-state index contributed by atoms with van der Waals surface area (Å²) >= 11 is 0. The number of rotatable bonds is 6. The van der Waals surface area contributed by atoms with Crippen molar-refractivity contribution in [3.63, 3.8) is 0 Å². The van der Waals surface area contributed by atoms with Crippen LogP contribution in [0.4, 0.5) is 5.69 Å². The number of aryl methyl sites for hydroxylation is 2. The number of carbonyl (C=O) groups excluding carboxylic acids is 2. The lowest BCUT2D eigenvalue weighted by atomic mass is 10.1. The van der Waals surface area contributed by atoms with Gasteiger partial charge in [0.15, 0.2) is 0 Å². The van der Waals surface area contributed by atoms with Crippen LogP contribution in [0.2, 0.25) is 0 Å². The summed E-state index contributed by atoms with van der Waals surface area (Å²) in [4.78, 5) is 26.1. The van der Waals surface area contributed by atoms with Crippen molar-refractivity contribution in [3.8, 4) is 5.75 Å². The van der Waals surface area contributed by atoms with E-state index in [4.69, 9.17) is 4.74 Å². The van der Waals surface area contributed by atoms with Gasteiger partial charge in [-0.15, -0.1) is 0 Å². The molecular weight excluding hydrogens is 328 g/mol. The van der Waals surface area contributed by atoms with E-state index in [0.717, 1.165) is 28.1 Å². The smallest absolute Gasteiger partial charge is 0.254 e. The highest BCUT2D eigenvalue weighted by molar-refractivity contribution is 6.06. The highest BCUT2D eigenvalue weighted by atomic mass is 16.5. The largest absolute Gasteiger partial charge is 0.494 e. The number of ether oxygens (including phenoxy) is 1. The quantitative estimate of drug-likeness (QED) is 0.812. The zero-order chi connectivity index (χ0) is 18.7. The summed E-state index contributed by atoms with van der Waals surface area (Å²) in [5.41, 5.74) is 3.96. The van der Waals surface area contributed by atoms with Gasteiger partial charge in [-0.25, -0.2) is 0 Å². The lowest BCUT2D eigenvalue weighted by Crippen LogP contribution is -2.37. The molecule has 1 heterocycles. The van der Waals surface area contributed by atoms with Gasteiger partial charge in [0, 0.05) is 19.0 Å². The molecule has 5 nitrogen and oxygen atoms in total. The summed E-state index contributed by atoms with van der Waals surface area (Å²) in [6.07, 6.45) is 0.709. The van der Waals surface area contributed by atoms with Gasteiger partial charge in [0.1, 0.15) is 11.8 Å². The number of para-hydroxylation sites is 1. The summed E-state index contributed by atoms with van der Waals surface area (Å²) in [7, 11) is 0. The summed E-state index contributed by atoms with van der Waals surface area (Å²) in [6.45, 7) is 6.52. The first kappa shape index (κ1) is 18.0. The van der Waals surface area contributed by atoms with Gasteiger partial charge in [-0.3, -0.25) is 9.59 Å². The first-order valence-corrected chi connectivity index (χ1v) is 8.85. The highest BCUT2D eigenvalue weighted by Crippen LogP contribution is 2.38. The lowest BCUT2D eigenvalue weighted by Gasteiger charge is -2.19. The Bertz CT molecular complexity index is 832. The van der Waals surface area contributed by atoms with Crippen LogP contribution in [0.1, 0.15) is 36.1 Å². The van der Waals surface area contributed by atoms with Crippen LogP contribution in [-0.2, 0) is 9.59 Å². The molecule has 0 saturated heterocycles. The minimum Gasteiger partial charge on any atom is -0.494 e. The Kier molecular flexibility index (Phi) is 5.26. The van der Waals surface area contributed by atoms with Gasteiger partial charge in [0.2, 0.25) is 5.91 Å². The molecule has 2 aromatic carbocycles. The van der Waals surface area contributed by atoms with E-state index in [0.29, 0.717) is 19.6 Å². The number of nitrogens with zero attached hydrogens (tertiary/aromatic N) is 1. The van der Waals surface area contributed by atoms with E-state index in [1.807, 2.05) is 56.3 Å². The topological polar surface area (TPSA) is 58.6 Å². The molecule has 136 valence electrons. The van der Waals surface area contributed by atoms with Gasteiger partial charge in [-0.1, -0.05) is 30.3 Å².